The molecule has 0 aliphatic heterocycles. The van der Waals surface area contributed by atoms with Crippen LogP contribution in [0.25, 0.3) is 0 Å². The number of nitrogens with two attached hydrogens (primary N) is 1. The molecule has 0 aromatic rings. The number of carboxylic acids is 1. The van der Waals surface area contributed by atoms with Crippen molar-refractivity contribution in [1.29, 1.82) is 0 Å². The monoisotopic (exact) mass is 232 g/mol. The number of hydrogen-bond acceptors (Lipinski definition) is 4. The molecule has 0 bridgehead atoms. The topological polar surface area (TPSA) is 102 Å². The van der Waals surface area contributed by atoms with Crippen LogP contribution in [0, 0.1) is 0 Å². The Kier molecular flexibility index (Phi) is 5.98. The van der Waals surface area contributed by atoms with Crippen molar-refractivity contribution < 1.29 is 19.4 Å². The first-order valence-electron chi connectivity index (χ1n) is 5.07. The van der Waals surface area contributed by atoms with Crippen LogP contribution < -0.4 is 11.1 Å². The van der Waals surface area contributed by atoms with E-state index in [-0.39, 0.29) is 18.9 Å². The van der Waals surface area contributed by atoms with E-state index in [0.717, 1.165) is 0 Å². The zero-order chi connectivity index (χ0) is 12.8. The summed E-state index contributed by atoms with van der Waals surface area (Å²) in [7, 11) is 1.46. The minimum atomic E-state index is -0.886. The number of amides is 1. The Morgan fingerprint density at radius 2 is 2.06 bits per heavy atom. The predicted octanol–water partition coefficient (Wildman–Crippen LogP) is -0.280. The van der Waals surface area contributed by atoms with Gasteiger partial charge in [-0.3, -0.25) is 9.59 Å². The second-order valence-corrected chi connectivity index (χ2v) is 4.33. The molecule has 0 fully saturated rings. The van der Waals surface area contributed by atoms with Crippen molar-refractivity contribution >= 4 is 11.9 Å². The molecule has 1 amide bonds. The third-order valence-corrected chi connectivity index (χ3v) is 2.11. The Labute approximate surface area is 95.1 Å². The van der Waals surface area contributed by atoms with Crippen LogP contribution >= 0.6 is 0 Å². The van der Waals surface area contributed by atoms with E-state index in [1.165, 1.54) is 7.11 Å². The van der Waals surface area contributed by atoms with E-state index in [2.05, 4.69) is 5.32 Å². The highest BCUT2D eigenvalue weighted by Gasteiger charge is 2.24. The van der Waals surface area contributed by atoms with Crippen LogP contribution in [0.4, 0.5) is 0 Å². The number of rotatable bonds is 7. The molecule has 0 aromatic carbocycles. The summed E-state index contributed by atoms with van der Waals surface area (Å²) in [4.78, 5) is 21.9. The molecule has 94 valence electrons. The Morgan fingerprint density at radius 3 is 2.50 bits per heavy atom. The van der Waals surface area contributed by atoms with Gasteiger partial charge < -0.3 is 20.9 Å². The van der Waals surface area contributed by atoms with Gasteiger partial charge in [-0.05, 0) is 20.3 Å². The highest BCUT2D eigenvalue weighted by molar-refractivity contribution is 5.82. The maximum Gasteiger partial charge on any atom is 0.303 e. The third kappa shape index (κ3) is 6.36. The Bertz CT molecular complexity index is 253. The number of ether oxygens (including phenoxy) is 1. The minimum Gasteiger partial charge on any atom is -0.481 e. The van der Waals surface area contributed by atoms with Crippen molar-refractivity contribution in [3.8, 4) is 0 Å². The smallest absolute Gasteiger partial charge is 0.303 e. The normalized spacial score (nSPS) is 13.2. The SMILES string of the molecule is COCC(N)C(=O)NC(C)(C)CCC(=O)O. The fourth-order valence-electron chi connectivity index (χ4n) is 1.16. The van der Waals surface area contributed by atoms with Gasteiger partial charge >= 0.3 is 5.97 Å². The van der Waals surface area contributed by atoms with E-state index in [1.54, 1.807) is 13.8 Å². The Hall–Kier alpha value is -1.14. The van der Waals surface area contributed by atoms with Gasteiger partial charge in [0.2, 0.25) is 5.91 Å². The second kappa shape index (κ2) is 6.44. The molecule has 0 aliphatic carbocycles. The number of carboxylic acid groups (broad SMARTS) is 1. The van der Waals surface area contributed by atoms with Crippen LogP contribution in [0.15, 0.2) is 0 Å². The number of aliphatic carboxylic acids is 1. The molecule has 0 saturated heterocycles. The number of nitrogens with one attached hydrogen (secondary N) is 1. The average Bonchev–Trinajstić information content (AvgIpc) is 2.14. The molecule has 1 unspecified atom stereocenters. The van der Waals surface area contributed by atoms with Gasteiger partial charge in [-0.1, -0.05) is 0 Å². The summed E-state index contributed by atoms with van der Waals surface area (Å²) in [6.07, 6.45) is 0.362. The zero-order valence-electron chi connectivity index (χ0n) is 9.95. The summed E-state index contributed by atoms with van der Waals surface area (Å²) in [6, 6.07) is -0.728. The van der Waals surface area contributed by atoms with Gasteiger partial charge in [0.1, 0.15) is 6.04 Å². The molecule has 6 nitrogen and oxygen atoms in total. The van der Waals surface area contributed by atoms with Gasteiger partial charge in [0.05, 0.1) is 6.61 Å². The molecular weight excluding hydrogens is 212 g/mol. The molecule has 6 heteroatoms. The Balaban J connectivity index is 4.13. The summed E-state index contributed by atoms with van der Waals surface area (Å²) in [5.41, 5.74) is 4.96. The van der Waals surface area contributed by atoms with Gasteiger partial charge in [-0.15, -0.1) is 0 Å². The first-order valence-corrected chi connectivity index (χ1v) is 5.07. The highest BCUT2D eigenvalue weighted by atomic mass is 16.5. The summed E-state index contributed by atoms with van der Waals surface area (Å²) >= 11 is 0. The highest BCUT2D eigenvalue weighted by Crippen LogP contribution is 2.11. The second-order valence-electron chi connectivity index (χ2n) is 4.33. The van der Waals surface area contributed by atoms with Crippen LogP contribution in [0.2, 0.25) is 0 Å². The quantitative estimate of drug-likeness (QED) is 0.560. The molecule has 0 heterocycles. The summed E-state index contributed by atoms with van der Waals surface area (Å²) < 4.78 is 4.76. The summed E-state index contributed by atoms with van der Waals surface area (Å²) in [6.45, 7) is 3.65. The molecule has 0 saturated carbocycles. The van der Waals surface area contributed by atoms with E-state index in [9.17, 15) is 9.59 Å². The first kappa shape index (κ1) is 14.9. The average molecular weight is 232 g/mol. The van der Waals surface area contributed by atoms with Crippen molar-refractivity contribution in [2.75, 3.05) is 13.7 Å². The third-order valence-electron chi connectivity index (χ3n) is 2.11. The van der Waals surface area contributed by atoms with Crippen molar-refractivity contribution in [3.63, 3.8) is 0 Å². The predicted molar refractivity (Wildman–Crippen MR) is 58.9 cm³/mol. The van der Waals surface area contributed by atoms with Crippen molar-refractivity contribution in [2.45, 2.75) is 38.3 Å². The summed E-state index contributed by atoms with van der Waals surface area (Å²) in [5, 5.41) is 11.2. The molecular formula is C10H20N2O4. The first-order chi connectivity index (χ1) is 7.28. The molecule has 0 aliphatic rings. The molecule has 0 aromatic heterocycles. The molecule has 0 radical (unpaired) electrons. The lowest BCUT2D eigenvalue weighted by atomic mass is 9.98. The fraction of sp³-hybridized carbons (Fsp3) is 0.800. The number of carbonyl (C=O) groups excluding carboxylic acids is 1. The van der Waals surface area contributed by atoms with E-state index in [0.29, 0.717) is 6.42 Å². The van der Waals surface area contributed by atoms with Gasteiger partial charge in [-0.2, -0.15) is 0 Å². The van der Waals surface area contributed by atoms with Crippen LogP contribution in [0.5, 0.6) is 0 Å². The van der Waals surface area contributed by atoms with Crippen LogP contribution in [0.3, 0.4) is 0 Å². The molecule has 4 N–H and O–H groups in total. The van der Waals surface area contributed by atoms with Crippen molar-refractivity contribution in [2.24, 2.45) is 5.73 Å². The number of carbonyl (C=O) groups is 2. The van der Waals surface area contributed by atoms with Crippen molar-refractivity contribution in [1.82, 2.24) is 5.32 Å². The molecule has 0 rings (SSSR count). The van der Waals surface area contributed by atoms with Gasteiger partial charge in [-0.25, -0.2) is 0 Å². The van der Waals surface area contributed by atoms with E-state index in [1.807, 2.05) is 0 Å². The largest absolute Gasteiger partial charge is 0.481 e. The van der Waals surface area contributed by atoms with E-state index < -0.39 is 17.6 Å². The molecule has 1 atom stereocenters. The van der Waals surface area contributed by atoms with Crippen LogP contribution in [0.1, 0.15) is 26.7 Å². The maximum atomic E-state index is 11.5. The molecule has 16 heavy (non-hydrogen) atoms. The fourth-order valence-corrected chi connectivity index (χ4v) is 1.16. The van der Waals surface area contributed by atoms with E-state index in [4.69, 9.17) is 15.6 Å². The zero-order valence-corrected chi connectivity index (χ0v) is 9.95. The lowest BCUT2D eigenvalue weighted by Crippen LogP contribution is -2.52. The summed E-state index contributed by atoms with van der Waals surface area (Å²) in [5.74, 6) is -1.22. The van der Waals surface area contributed by atoms with Gasteiger partial charge in [0.25, 0.3) is 0 Å². The lowest BCUT2D eigenvalue weighted by molar-refractivity contribution is -0.138. The minimum absolute atomic E-state index is 0.00674. The maximum absolute atomic E-state index is 11.5. The number of hydrogen-bond donors (Lipinski definition) is 3. The van der Waals surface area contributed by atoms with Crippen LogP contribution in [-0.4, -0.2) is 42.3 Å². The molecule has 0 spiro atoms. The van der Waals surface area contributed by atoms with Gasteiger partial charge in [0.15, 0.2) is 0 Å². The van der Waals surface area contributed by atoms with E-state index >= 15 is 0 Å². The van der Waals surface area contributed by atoms with Crippen molar-refractivity contribution in [3.05, 3.63) is 0 Å². The van der Waals surface area contributed by atoms with Gasteiger partial charge in [0, 0.05) is 19.1 Å². The van der Waals surface area contributed by atoms with Crippen LogP contribution in [-0.2, 0) is 14.3 Å². The lowest BCUT2D eigenvalue weighted by Gasteiger charge is -2.27. The standard InChI is InChI=1S/C10H20N2O4/c1-10(2,5-4-8(13)14)12-9(15)7(11)6-16-3/h7H,4-6,11H2,1-3H3,(H,12,15)(H,13,14). The number of methoxy groups -OCH3 is 1. The Morgan fingerprint density at radius 1 is 1.50 bits per heavy atom.